The minimum absolute atomic E-state index is 0.00557. The number of rotatable bonds is 4. The van der Waals surface area contributed by atoms with Gasteiger partial charge in [-0.2, -0.15) is 0 Å². The molecule has 2 N–H and O–H groups in total. The number of amides is 2. The number of likely N-dealkylation sites (tertiary alicyclic amines) is 1. The summed E-state index contributed by atoms with van der Waals surface area (Å²) in [6, 6.07) is 0.208. The molecule has 22 heavy (non-hydrogen) atoms. The smallest absolute Gasteiger partial charge is 0.407 e. The number of nitrogens with zero attached hydrogens (tertiary/aromatic N) is 2. The fraction of sp³-hybridized carbons (Fsp3) is 0.733. The molecule has 2 heterocycles. The molecule has 0 radical (unpaired) electrons. The van der Waals surface area contributed by atoms with Crippen LogP contribution in [0.4, 0.5) is 4.79 Å². The molecule has 2 rings (SSSR count). The van der Waals surface area contributed by atoms with E-state index in [1.807, 2.05) is 11.1 Å². The Morgan fingerprint density at radius 3 is 2.86 bits per heavy atom. The van der Waals surface area contributed by atoms with Crippen molar-refractivity contribution in [2.75, 3.05) is 27.2 Å². The molecule has 2 aliphatic heterocycles. The van der Waals surface area contributed by atoms with Gasteiger partial charge in [0.1, 0.15) is 6.54 Å². The summed E-state index contributed by atoms with van der Waals surface area (Å²) in [6.45, 7) is 2.82. The lowest BCUT2D eigenvalue weighted by atomic mass is 9.97. The highest BCUT2D eigenvalue weighted by Crippen LogP contribution is 2.24. The lowest BCUT2D eigenvalue weighted by Gasteiger charge is -2.38. The standard InChI is InChI=1S/C15H26N4O3/c1-11-9-16-13(18(11)2)8-12-6-4-5-7-19(12)14(20)10-17-15(21)22-3/h9,12-13,16H,4-8,10H2,1-3H3,(H,17,21). The molecule has 0 aromatic heterocycles. The quantitative estimate of drug-likeness (QED) is 0.805. The summed E-state index contributed by atoms with van der Waals surface area (Å²) < 4.78 is 4.50. The second-order valence-corrected chi connectivity index (χ2v) is 5.90. The monoisotopic (exact) mass is 310 g/mol. The third-order valence-electron chi connectivity index (χ3n) is 4.52. The number of hydrogen-bond acceptors (Lipinski definition) is 5. The molecule has 2 atom stereocenters. The van der Waals surface area contributed by atoms with Crippen molar-refractivity contribution < 1.29 is 14.3 Å². The zero-order valence-corrected chi connectivity index (χ0v) is 13.6. The van der Waals surface area contributed by atoms with Crippen molar-refractivity contribution in [2.45, 2.75) is 44.8 Å². The van der Waals surface area contributed by atoms with Crippen molar-refractivity contribution >= 4 is 12.0 Å². The Balaban J connectivity index is 1.90. The van der Waals surface area contributed by atoms with Crippen LogP contribution in [0.25, 0.3) is 0 Å². The Hall–Kier alpha value is -1.92. The number of piperidine rings is 1. The van der Waals surface area contributed by atoms with Crippen molar-refractivity contribution in [2.24, 2.45) is 0 Å². The highest BCUT2D eigenvalue weighted by Gasteiger charge is 2.31. The van der Waals surface area contributed by atoms with Crippen LogP contribution < -0.4 is 10.6 Å². The van der Waals surface area contributed by atoms with E-state index in [2.05, 4.69) is 34.2 Å². The number of ether oxygens (including phenoxy) is 1. The topological polar surface area (TPSA) is 73.9 Å². The molecular formula is C15H26N4O3. The number of carbonyl (C=O) groups excluding carboxylic acids is 2. The van der Waals surface area contributed by atoms with Crippen LogP contribution in [-0.4, -0.2) is 61.3 Å². The van der Waals surface area contributed by atoms with E-state index in [0.717, 1.165) is 32.2 Å². The summed E-state index contributed by atoms with van der Waals surface area (Å²) >= 11 is 0. The zero-order valence-electron chi connectivity index (χ0n) is 13.6. The molecule has 1 fully saturated rings. The van der Waals surface area contributed by atoms with E-state index < -0.39 is 6.09 Å². The lowest BCUT2D eigenvalue weighted by molar-refractivity contribution is -0.134. The Labute approximate surface area is 131 Å². The highest BCUT2D eigenvalue weighted by atomic mass is 16.5. The van der Waals surface area contributed by atoms with Gasteiger partial charge >= 0.3 is 6.09 Å². The Kier molecular flexibility index (Phi) is 5.51. The van der Waals surface area contributed by atoms with Crippen molar-refractivity contribution in [3.8, 4) is 0 Å². The molecule has 7 heteroatoms. The summed E-state index contributed by atoms with van der Waals surface area (Å²) in [5.41, 5.74) is 1.20. The maximum absolute atomic E-state index is 12.4. The summed E-state index contributed by atoms with van der Waals surface area (Å²) in [5, 5.41) is 5.83. The first-order chi connectivity index (χ1) is 10.5. The average Bonchev–Trinajstić information content (AvgIpc) is 2.84. The first kappa shape index (κ1) is 16.5. The third kappa shape index (κ3) is 3.84. The molecule has 0 aromatic rings. The van der Waals surface area contributed by atoms with Crippen molar-refractivity contribution in [3.05, 3.63) is 11.9 Å². The maximum Gasteiger partial charge on any atom is 0.407 e. The second-order valence-electron chi connectivity index (χ2n) is 5.90. The average molecular weight is 310 g/mol. The molecule has 0 spiro atoms. The van der Waals surface area contributed by atoms with Gasteiger partial charge in [0, 0.05) is 38.0 Å². The van der Waals surface area contributed by atoms with Crippen LogP contribution in [0, 0.1) is 0 Å². The van der Waals surface area contributed by atoms with Gasteiger partial charge in [0.15, 0.2) is 0 Å². The molecule has 1 saturated heterocycles. The normalized spacial score (nSPS) is 24.6. The van der Waals surface area contributed by atoms with Crippen LogP contribution in [0.15, 0.2) is 11.9 Å². The van der Waals surface area contributed by atoms with Crippen LogP contribution in [0.2, 0.25) is 0 Å². The maximum atomic E-state index is 12.4. The minimum atomic E-state index is -0.570. The van der Waals surface area contributed by atoms with Crippen LogP contribution in [0.3, 0.4) is 0 Å². The number of allylic oxidation sites excluding steroid dienone is 1. The predicted octanol–water partition coefficient (Wildman–Crippen LogP) is 0.836. The lowest BCUT2D eigenvalue weighted by Crippen LogP contribution is -2.51. The Morgan fingerprint density at radius 1 is 1.45 bits per heavy atom. The largest absolute Gasteiger partial charge is 0.453 e. The van der Waals surface area contributed by atoms with Gasteiger partial charge in [-0.25, -0.2) is 4.79 Å². The predicted molar refractivity (Wildman–Crippen MR) is 82.8 cm³/mol. The van der Waals surface area contributed by atoms with Gasteiger partial charge in [-0.3, -0.25) is 4.79 Å². The summed E-state index contributed by atoms with van der Waals surface area (Å²) in [6.07, 6.45) is 5.72. The van der Waals surface area contributed by atoms with Gasteiger partial charge in [0.25, 0.3) is 0 Å². The van der Waals surface area contributed by atoms with E-state index in [9.17, 15) is 9.59 Å². The molecule has 2 unspecified atom stereocenters. The van der Waals surface area contributed by atoms with Gasteiger partial charge in [0.2, 0.25) is 5.91 Å². The zero-order chi connectivity index (χ0) is 16.1. The number of hydrogen-bond donors (Lipinski definition) is 2. The van der Waals surface area contributed by atoms with E-state index in [1.54, 1.807) is 0 Å². The van der Waals surface area contributed by atoms with Crippen LogP contribution in [0.1, 0.15) is 32.6 Å². The van der Waals surface area contributed by atoms with E-state index in [1.165, 1.54) is 12.8 Å². The first-order valence-electron chi connectivity index (χ1n) is 7.80. The first-order valence-corrected chi connectivity index (χ1v) is 7.80. The summed E-state index contributed by atoms with van der Waals surface area (Å²) in [5.74, 6) is -0.0413. The second kappa shape index (κ2) is 7.38. The van der Waals surface area contributed by atoms with Gasteiger partial charge in [-0.1, -0.05) is 0 Å². The molecule has 0 bridgehead atoms. The minimum Gasteiger partial charge on any atom is -0.453 e. The molecule has 7 nitrogen and oxygen atoms in total. The molecule has 0 saturated carbocycles. The molecule has 0 aromatic carbocycles. The SMILES string of the molecule is COC(=O)NCC(=O)N1CCCCC1CC1NC=C(C)N1C. The third-order valence-corrected chi connectivity index (χ3v) is 4.52. The van der Waals surface area contributed by atoms with Crippen LogP contribution in [0.5, 0.6) is 0 Å². The molecule has 2 aliphatic rings. The number of carbonyl (C=O) groups is 2. The molecule has 2 amide bonds. The van der Waals surface area contributed by atoms with Crippen molar-refractivity contribution in [3.63, 3.8) is 0 Å². The van der Waals surface area contributed by atoms with Crippen LogP contribution >= 0.6 is 0 Å². The Bertz CT molecular complexity index is 452. The molecular weight excluding hydrogens is 284 g/mol. The fourth-order valence-corrected chi connectivity index (χ4v) is 3.06. The number of nitrogens with one attached hydrogen (secondary N) is 2. The van der Waals surface area contributed by atoms with Gasteiger partial charge < -0.3 is 25.2 Å². The summed E-state index contributed by atoms with van der Waals surface area (Å²) in [4.78, 5) is 27.6. The van der Waals surface area contributed by atoms with Crippen molar-refractivity contribution in [1.82, 2.24) is 20.4 Å². The van der Waals surface area contributed by atoms with Crippen molar-refractivity contribution in [1.29, 1.82) is 0 Å². The number of methoxy groups -OCH3 is 1. The Morgan fingerprint density at radius 2 is 2.23 bits per heavy atom. The van der Waals surface area contributed by atoms with Gasteiger partial charge in [-0.05, 0) is 26.2 Å². The summed E-state index contributed by atoms with van der Waals surface area (Å²) in [7, 11) is 3.35. The van der Waals surface area contributed by atoms with E-state index >= 15 is 0 Å². The highest BCUT2D eigenvalue weighted by molar-refractivity contribution is 5.82. The molecule has 124 valence electrons. The van der Waals surface area contributed by atoms with E-state index in [0.29, 0.717) is 0 Å². The fourth-order valence-electron chi connectivity index (χ4n) is 3.06. The van der Waals surface area contributed by atoms with Crippen LogP contribution in [-0.2, 0) is 9.53 Å². The van der Waals surface area contributed by atoms with E-state index in [-0.39, 0.29) is 24.7 Å². The molecule has 0 aliphatic carbocycles. The van der Waals surface area contributed by atoms with Gasteiger partial charge in [-0.15, -0.1) is 0 Å². The van der Waals surface area contributed by atoms with Gasteiger partial charge in [0.05, 0.1) is 13.3 Å². The van der Waals surface area contributed by atoms with E-state index in [4.69, 9.17) is 0 Å². The number of alkyl carbamates (subject to hydrolysis) is 1.